The number of para-hydroxylation sites is 4. The first-order valence-electron chi connectivity index (χ1n) is 9.86. The van der Waals surface area contributed by atoms with Gasteiger partial charge in [-0.2, -0.15) is 0 Å². The van der Waals surface area contributed by atoms with Gasteiger partial charge in [-0.1, -0.05) is 24.3 Å². The Hall–Kier alpha value is -3.22. The van der Waals surface area contributed by atoms with Gasteiger partial charge in [0.25, 0.3) is 5.91 Å². The summed E-state index contributed by atoms with van der Waals surface area (Å²) in [5, 5.41) is 2.79. The fourth-order valence-electron chi connectivity index (χ4n) is 3.72. The number of carbonyl (C=O) groups is 2. The minimum absolute atomic E-state index is 0.0164. The highest BCUT2D eigenvalue weighted by atomic mass is 16.5. The van der Waals surface area contributed by atoms with Gasteiger partial charge in [-0.25, -0.2) is 0 Å². The van der Waals surface area contributed by atoms with E-state index in [0.717, 1.165) is 18.0 Å². The molecule has 0 unspecified atom stereocenters. The van der Waals surface area contributed by atoms with Gasteiger partial charge in [0.1, 0.15) is 17.6 Å². The number of carbonyl (C=O) groups excluding carboxylic acids is 2. The van der Waals surface area contributed by atoms with E-state index in [-0.39, 0.29) is 24.3 Å². The minimum atomic E-state index is -0.833. The third kappa shape index (κ3) is 3.99. The smallest absolute Gasteiger partial charge is 0.266 e. The first-order valence-corrected chi connectivity index (χ1v) is 9.86. The largest absolute Gasteiger partial charge is 0.485 e. The van der Waals surface area contributed by atoms with Gasteiger partial charge < -0.3 is 24.6 Å². The molecule has 7 nitrogen and oxygen atoms in total. The Bertz CT molecular complexity index is 916. The third-order valence-electron chi connectivity index (χ3n) is 5.28. The molecule has 2 atom stereocenters. The number of fused-ring (bicyclic) bond motifs is 2. The van der Waals surface area contributed by atoms with Gasteiger partial charge in [0.05, 0.1) is 30.9 Å². The van der Waals surface area contributed by atoms with E-state index in [1.54, 1.807) is 24.1 Å². The van der Waals surface area contributed by atoms with Crippen LogP contribution in [0.2, 0.25) is 0 Å². The topological polar surface area (TPSA) is 71.1 Å². The molecule has 0 aromatic heterocycles. The summed E-state index contributed by atoms with van der Waals surface area (Å²) in [6, 6.07) is 15.1. The molecule has 2 aromatic carbocycles. The van der Waals surface area contributed by atoms with Crippen LogP contribution >= 0.6 is 0 Å². The van der Waals surface area contributed by atoms with Crippen molar-refractivity contribution in [3.8, 4) is 11.5 Å². The van der Waals surface area contributed by atoms with Crippen molar-refractivity contribution in [2.45, 2.75) is 25.6 Å². The third-order valence-corrected chi connectivity index (χ3v) is 5.28. The minimum Gasteiger partial charge on any atom is -0.485 e. The average molecular weight is 395 g/mol. The number of anilines is 2. The Labute approximate surface area is 170 Å². The number of ether oxygens (including phenoxy) is 2. The van der Waals surface area contributed by atoms with Crippen molar-refractivity contribution in [3.63, 3.8) is 0 Å². The molecule has 0 spiro atoms. The molecule has 0 bridgehead atoms. The van der Waals surface area contributed by atoms with Crippen molar-refractivity contribution in [3.05, 3.63) is 48.5 Å². The van der Waals surface area contributed by atoms with E-state index < -0.39 is 6.10 Å². The van der Waals surface area contributed by atoms with Crippen molar-refractivity contribution < 1.29 is 19.1 Å². The lowest BCUT2D eigenvalue weighted by Crippen LogP contribution is -2.48. The predicted octanol–water partition coefficient (Wildman–Crippen LogP) is 2.52. The van der Waals surface area contributed by atoms with Crippen LogP contribution in [0.15, 0.2) is 48.5 Å². The Morgan fingerprint density at radius 2 is 1.86 bits per heavy atom. The molecule has 2 aromatic rings. The number of hydrogen-bond acceptors (Lipinski definition) is 5. The normalized spacial score (nSPS) is 19.9. The number of hydrogen-bond donors (Lipinski definition) is 1. The van der Waals surface area contributed by atoms with E-state index in [9.17, 15) is 9.59 Å². The Morgan fingerprint density at radius 1 is 1.14 bits per heavy atom. The van der Waals surface area contributed by atoms with Crippen LogP contribution in [-0.4, -0.2) is 55.6 Å². The SMILES string of the molecule is CCN1C[C@@H](CN(C)C(=O)C[C@H]2Oc3ccccc3NC2=O)Oc2ccccc21. The summed E-state index contributed by atoms with van der Waals surface area (Å²) in [6.45, 7) is 4.11. The Balaban J connectivity index is 1.37. The monoisotopic (exact) mass is 395 g/mol. The lowest BCUT2D eigenvalue weighted by atomic mass is 10.1. The molecule has 2 amide bonds. The quantitative estimate of drug-likeness (QED) is 0.842. The molecule has 1 N–H and O–H groups in total. The molecule has 0 fully saturated rings. The Morgan fingerprint density at radius 3 is 2.66 bits per heavy atom. The van der Waals surface area contributed by atoms with Crippen LogP contribution in [0.1, 0.15) is 13.3 Å². The summed E-state index contributed by atoms with van der Waals surface area (Å²) < 4.78 is 11.8. The van der Waals surface area contributed by atoms with E-state index in [0.29, 0.717) is 24.5 Å². The summed E-state index contributed by atoms with van der Waals surface area (Å²) in [6.07, 6.45) is -0.988. The number of nitrogens with zero attached hydrogens (tertiary/aromatic N) is 2. The van der Waals surface area contributed by atoms with Crippen LogP contribution < -0.4 is 19.7 Å². The summed E-state index contributed by atoms with van der Waals surface area (Å²) >= 11 is 0. The maximum absolute atomic E-state index is 12.7. The molecular weight excluding hydrogens is 370 g/mol. The zero-order chi connectivity index (χ0) is 20.4. The number of benzene rings is 2. The zero-order valence-electron chi connectivity index (χ0n) is 16.6. The van der Waals surface area contributed by atoms with Gasteiger partial charge in [0, 0.05) is 13.6 Å². The highest BCUT2D eigenvalue weighted by Crippen LogP contribution is 2.33. The second-order valence-corrected chi connectivity index (χ2v) is 7.32. The second kappa shape index (κ2) is 8.03. The van der Waals surface area contributed by atoms with Crippen molar-refractivity contribution in [1.29, 1.82) is 0 Å². The molecule has 29 heavy (non-hydrogen) atoms. The van der Waals surface area contributed by atoms with Gasteiger partial charge in [0.15, 0.2) is 6.10 Å². The fraction of sp³-hybridized carbons (Fsp3) is 0.364. The van der Waals surface area contributed by atoms with Gasteiger partial charge in [-0.3, -0.25) is 9.59 Å². The maximum Gasteiger partial charge on any atom is 0.266 e. The lowest BCUT2D eigenvalue weighted by molar-refractivity contribution is -0.136. The van der Waals surface area contributed by atoms with E-state index in [4.69, 9.17) is 9.47 Å². The van der Waals surface area contributed by atoms with Gasteiger partial charge in [0.2, 0.25) is 5.91 Å². The zero-order valence-corrected chi connectivity index (χ0v) is 16.6. The number of likely N-dealkylation sites (N-methyl/N-ethyl adjacent to an activating group) is 2. The van der Waals surface area contributed by atoms with Crippen LogP contribution in [0.4, 0.5) is 11.4 Å². The molecule has 2 aliphatic heterocycles. The molecule has 0 radical (unpaired) electrons. The predicted molar refractivity (Wildman–Crippen MR) is 110 cm³/mol. The molecule has 4 rings (SSSR count). The summed E-state index contributed by atoms with van der Waals surface area (Å²) in [4.78, 5) is 28.9. The van der Waals surface area contributed by atoms with Crippen LogP contribution in [0.5, 0.6) is 11.5 Å². The molecule has 0 aliphatic carbocycles. The average Bonchev–Trinajstić information content (AvgIpc) is 2.73. The number of amides is 2. The van der Waals surface area contributed by atoms with Crippen molar-refractivity contribution in [1.82, 2.24) is 4.90 Å². The summed E-state index contributed by atoms with van der Waals surface area (Å²) in [7, 11) is 1.73. The summed E-state index contributed by atoms with van der Waals surface area (Å²) in [5.41, 5.74) is 1.70. The maximum atomic E-state index is 12.7. The Kier molecular flexibility index (Phi) is 5.29. The van der Waals surface area contributed by atoms with Gasteiger partial charge in [-0.05, 0) is 31.2 Å². The molecule has 2 heterocycles. The van der Waals surface area contributed by atoms with Crippen molar-refractivity contribution in [2.24, 2.45) is 0 Å². The number of nitrogens with one attached hydrogen (secondary N) is 1. The van der Waals surface area contributed by atoms with Crippen LogP contribution in [0.25, 0.3) is 0 Å². The second-order valence-electron chi connectivity index (χ2n) is 7.32. The van der Waals surface area contributed by atoms with E-state index in [2.05, 4.69) is 17.1 Å². The number of rotatable bonds is 5. The fourth-order valence-corrected chi connectivity index (χ4v) is 3.72. The van der Waals surface area contributed by atoms with Crippen molar-refractivity contribution in [2.75, 3.05) is 36.9 Å². The van der Waals surface area contributed by atoms with E-state index in [1.165, 1.54) is 0 Å². The van der Waals surface area contributed by atoms with E-state index in [1.807, 2.05) is 36.4 Å². The first-order chi connectivity index (χ1) is 14.0. The van der Waals surface area contributed by atoms with E-state index >= 15 is 0 Å². The van der Waals surface area contributed by atoms with Crippen molar-refractivity contribution >= 4 is 23.2 Å². The molecule has 7 heteroatoms. The molecule has 2 aliphatic rings. The molecule has 0 saturated heterocycles. The van der Waals surface area contributed by atoms with Gasteiger partial charge >= 0.3 is 0 Å². The van der Waals surface area contributed by atoms with Crippen LogP contribution in [0, 0.1) is 0 Å². The van der Waals surface area contributed by atoms with Crippen LogP contribution in [-0.2, 0) is 9.59 Å². The molecular formula is C22H25N3O4. The molecule has 152 valence electrons. The highest BCUT2D eigenvalue weighted by Gasteiger charge is 2.32. The molecule has 0 saturated carbocycles. The highest BCUT2D eigenvalue weighted by molar-refractivity contribution is 5.99. The summed E-state index contributed by atoms with van der Waals surface area (Å²) in [5.74, 6) is 0.955. The van der Waals surface area contributed by atoms with Crippen LogP contribution in [0.3, 0.4) is 0 Å². The lowest BCUT2D eigenvalue weighted by Gasteiger charge is -2.37. The first kappa shape index (κ1) is 19.1. The standard InChI is InChI=1S/C22H25N3O4/c1-3-25-14-15(28-19-11-7-5-9-17(19)25)13-24(2)21(26)12-20-22(27)23-16-8-4-6-10-18(16)29-20/h4-11,15,20H,3,12-14H2,1-2H3,(H,23,27)/t15-,20-/m1/s1. The van der Waals surface area contributed by atoms with Gasteiger partial charge in [-0.15, -0.1) is 0 Å².